The van der Waals surface area contributed by atoms with Gasteiger partial charge in [-0.15, -0.1) is 0 Å². The molecule has 0 aliphatic carbocycles. The van der Waals surface area contributed by atoms with Crippen LogP contribution >= 0.6 is 0 Å². The van der Waals surface area contributed by atoms with Gasteiger partial charge >= 0.3 is 0 Å². The smallest absolute Gasteiger partial charge is 0.262 e. The molecule has 4 rings (SSSR count). The van der Waals surface area contributed by atoms with Crippen LogP contribution in [0.3, 0.4) is 0 Å². The molecule has 1 atom stereocenters. The first-order valence-corrected chi connectivity index (χ1v) is 8.02. The molecule has 0 amide bonds. The molecule has 0 bridgehead atoms. The average Bonchev–Trinajstić information content (AvgIpc) is 3.01. The Labute approximate surface area is 133 Å². The van der Waals surface area contributed by atoms with Crippen LogP contribution in [0.5, 0.6) is 0 Å². The summed E-state index contributed by atoms with van der Waals surface area (Å²) in [6, 6.07) is 10.3. The van der Waals surface area contributed by atoms with Crippen LogP contribution in [0.4, 0.5) is 0 Å². The minimum absolute atomic E-state index is 0.115. The number of aromatic nitrogens is 4. The van der Waals surface area contributed by atoms with Gasteiger partial charge in [0, 0.05) is 13.0 Å². The van der Waals surface area contributed by atoms with E-state index >= 15 is 0 Å². The molecule has 3 heterocycles. The monoisotopic (exact) mass is 309 g/mol. The molecule has 1 aromatic carbocycles. The zero-order valence-corrected chi connectivity index (χ0v) is 12.8. The zero-order chi connectivity index (χ0) is 15.6. The van der Waals surface area contributed by atoms with E-state index in [-0.39, 0.29) is 11.6 Å². The van der Waals surface area contributed by atoms with Crippen LogP contribution in [0.1, 0.15) is 30.3 Å². The summed E-state index contributed by atoms with van der Waals surface area (Å²) in [7, 11) is 0. The quantitative estimate of drug-likeness (QED) is 0.771. The van der Waals surface area contributed by atoms with Crippen molar-refractivity contribution in [3.05, 3.63) is 58.3 Å². The Hall–Kier alpha value is -2.47. The van der Waals surface area contributed by atoms with Gasteiger partial charge in [0.2, 0.25) is 0 Å². The van der Waals surface area contributed by atoms with Crippen LogP contribution in [0.15, 0.2) is 41.3 Å². The van der Waals surface area contributed by atoms with Crippen molar-refractivity contribution in [2.75, 3.05) is 13.1 Å². The number of hydrogen-bond acceptors (Lipinski definition) is 4. The number of piperidine rings is 1. The van der Waals surface area contributed by atoms with Crippen molar-refractivity contribution < 1.29 is 0 Å². The van der Waals surface area contributed by atoms with Crippen molar-refractivity contribution in [1.82, 2.24) is 25.1 Å². The van der Waals surface area contributed by atoms with Crippen molar-refractivity contribution in [2.45, 2.75) is 25.3 Å². The van der Waals surface area contributed by atoms with E-state index in [1.165, 1.54) is 0 Å². The van der Waals surface area contributed by atoms with E-state index in [0.717, 1.165) is 31.5 Å². The Morgan fingerprint density at radius 1 is 1.26 bits per heavy atom. The highest BCUT2D eigenvalue weighted by molar-refractivity contribution is 5.73. The second-order valence-electron chi connectivity index (χ2n) is 6.00. The summed E-state index contributed by atoms with van der Waals surface area (Å²) in [4.78, 5) is 19.9. The third kappa shape index (κ3) is 2.77. The van der Waals surface area contributed by atoms with Crippen molar-refractivity contribution in [2.24, 2.45) is 0 Å². The van der Waals surface area contributed by atoms with E-state index in [0.29, 0.717) is 23.3 Å². The summed E-state index contributed by atoms with van der Waals surface area (Å²) in [6.45, 7) is 1.92. The van der Waals surface area contributed by atoms with E-state index < -0.39 is 0 Å². The number of hydrogen-bond donors (Lipinski definition) is 2. The van der Waals surface area contributed by atoms with E-state index in [1.807, 2.05) is 35.0 Å². The minimum Gasteiger partial charge on any atom is -0.315 e. The fourth-order valence-electron chi connectivity index (χ4n) is 3.16. The van der Waals surface area contributed by atoms with Crippen LogP contribution in [-0.2, 0) is 6.42 Å². The van der Waals surface area contributed by atoms with Gasteiger partial charge in [-0.2, -0.15) is 5.10 Å². The van der Waals surface area contributed by atoms with Crippen LogP contribution in [0.25, 0.3) is 11.0 Å². The second kappa shape index (κ2) is 5.96. The lowest BCUT2D eigenvalue weighted by Gasteiger charge is -2.23. The maximum atomic E-state index is 12.3. The third-order valence-corrected chi connectivity index (χ3v) is 4.34. The zero-order valence-electron chi connectivity index (χ0n) is 12.8. The Morgan fingerprint density at radius 3 is 2.91 bits per heavy atom. The third-order valence-electron chi connectivity index (χ3n) is 4.34. The summed E-state index contributed by atoms with van der Waals surface area (Å²) in [5, 5.41) is 8.37. The molecule has 0 radical (unpaired) electrons. The number of rotatable bonds is 3. The lowest BCUT2D eigenvalue weighted by molar-refractivity contribution is 0.353. The van der Waals surface area contributed by atoms with Gasteiger partial charge in [0.15, 0.2) is 5.65 Å². The predicted octanol–water partition coefficient (Wildman–Crippen LogP) is 1.63. The summed E-state index contributed by atoms with van der Waals surface area (Å²) in [6.07, 6.45) is 4.42. The fourth-order valence-corrected chi connectivity index (χ4v) is 3.16. The van der Waals surface area contributed by atoms with Gasteiger partial charge in [-0.05, 0) is 24.9 Å². The molecule has 2 aromatic heterocycles. The van der Waals surface area contributed by atoms with Gasteiger partial charge in [0.1, 0.15) is 11.2 Å². The highest BCUT2D eigenvalue weighted by Gasteiger charge is 2.20. The van der Waals surface area contributed by atoms with Crippen LogP contribution in [0, 0.1) is 0 Å². The number of H-pyrrole nitrogens is 1. The second-order valence-corrected chi connectivity index (χ2v) is 6.00. The van der Waals surface area contributed by atoms with Gasteiger partial charge < -0.3 is 10.3 Å². The Balaban J connectivity index is 1.74. The summed E-state index contributed by atoms with van der Waals surface area (Å²) >= 11 is 0. The van der Waals surface area contributed by atoms with E-state index in [4.69, 9.17) is 0 Å². The molecule has 3 aromatic rings. The number of aromatic amines is 1. The van der Waals surface area contributed by atoms with Gasteiger partial charge in [-0.25, -0.2) is 9.67 Å². The van der Waals surface area contributed by atoms with Gasteiger partial charge in [-0.3, -0.25) is 4.79 Å². The van der Waals surface area contributed by atoms with E-state index in [1.54, 1.807) is 6.20 Å². The maximum absolute atomic E-state index is 12.3. The van der Waals surface area contributed by atoms with Gasteiger partial charge in [0.05, 0.1) is 12.2 Å². The van der Waals surface area contributed by atoms with Crippen LogP contribution in [0.2, 0.25) is 0 Å². The first-order valence-electron chi connectivity index (χ1n) is 8.02. The van der Waals surface area contributed by atoms with Gasteiger partial charge in [-0.1, -0.05) is 30.3 Å². The molecule has 0 spiro atoms. The summed E-state index contributed by atoms with van der Waals surface area (Å²) in [5.74, 6) is 0.680. The topological polar surface area (TPSA) is 75.6 Å². The lowest BCUT2D eigenvalue weighted by atomic mass is 10.1. The first-order chi connectivity index (χ1) is 11.3. The molecule has 6 heteroatoms. The number of benzene rings is 1. The molecule has 1 saturated heterocycles. The Bertz CT molecular complexity index is 862. The first kappa shape index (κ1) is 14.1. The molecule has 1 aliphatic rings. The molecule has 1 aliphatic heterocycles. The van der Waals surface area contributed by atoms with E-state index in [9.17, 15) is 4.79 Å². The van der Waals surface area contributed by atoms with Crippen LogP contribution < -0.4 is 10.9 Å². The van der Waals surface area contributed by atoms with Gasteiger partial charge in [0.25, 0.3) is 5.56 Å². The maximum Gasteiger partial charge on any atom is 0.262 e. The molecule has 23 heavy (non-hydrogen) atoms. The molecule has 1 unspecified atom stereocenters. The number of fused-ring (bicyclic) bond motifs is 1. The minimum atomic E-state index is -0.115. The van der Waals surface area contributed by atoms with Crippen molar-refractivity contribution in [3.8, 4) is 0 Å². The highest BCUT2D eigenvalue weighted by atomic mass is 16.1. The summed E-state index contributed by atoms with van der Waals surface area (Å²) < 4.78 is 1.91. The average molecular weight is 309 g/mol. The largest absolute Gasteiger partial charge is 0.315 e. The fraction of sp³-hybridized carbons (Fsp3) is 0.353. The molecule has 118 valence electrons. The number of nitrogens with one attached hydrogen (secondary N) is 2. The molecular weight excluding hydrogens is 290 g/mol. The lowest BCUT2D eigenvalue weighted by Crippen LogP contribution is -2.32. The highest BCUT2D eigenvalue weighted by Crippen LogP contribution is 2.20. The van der Waals surface area contributed by atoms with Crippen molar-refractivity contribution >= 4 is 11.0 Å². The normalized spacial score (nSPS) is 18.3. The Morgan fingerprint density at radius 2 is 2.13 bits per heavy atom. The predicted molar refractivity (Wildman–Crippen MR) is 88.5 cm³/mol. The standard InChI is InChI=1S/C17H19N5O/c23-17-14-11-19-22(13-7-4-8-18-10-13)16(14)20-15(21-17)9-12-5-2-1-3-6-12/h1-3,5-6,11,13,18H,4,7-10H2,(H,20,21,23). The van der Waals surface area contributed by atoms with Crippen molar-refractivity contribution in [3.63, 3.8) is 0 Å². The number of nitrogens with zero attached hydrogens (tertiary/aromatic N) is 3. The van der Waals surface area contributed by atoms with Crippen LogP contribution in [-0.4, -0.2) is 32.8 Å². The SMILES string of the molecule is O=c1[nH]c(Cc2ccccc2)nc2c1cnn2C1CCCNC1. The molecular formula is C17H19N5O. The molecule has 6 nitrogen and oxygen atoms in total. The Kier molecular flexibility index (Phi) is 3.67. The summed E-state index contributed by atoms with van der Waals surface area (Å²) in [5.41, 5.74) is 1.70. The van der Waals surface area contributed by atoms with Crippen molar-refractivity contribution in [1.29, 1.82) is 0 Å². The van der Waals surface area contributed by atoms with E-state index in [2.05, 4.69) is 20.4 Å². The molecule has 2 N–H and O–H groups in total. The molecule has 0 saturated carbocycles. The molecule has 1 fully saturated rings.